The highest BCUT2D eigenvalue weighted by Gasteiger charge is 2.23. The highest BCUT2D eigenvalue weighted by Crippen LogP contribution is 2.30. The lowest BCUT2D eigenvalue weighted by atomic mass is 10.1. The maximum Gasteiger partial charge on any atom is 0.188 e. The van der Waals surface area contributed by atoms with E-state index in [-0.39, 0.29) is 5.78 Å². The van der Waals surface area contributed by atoms with Crippen molar-refractivity contribution in [2.45, 2.75) is 6.54 Å². The topological polar surface area (TPSA) is 20.3 Å². The summed E-state index contributed by atoms with van der Waals surface area (Å²) in [6.45, 7) is 1.46. The van der Waals surface area contributed by atoms with E-state index in [0.717, 1.165) is 11.4 Å². The number of halogens is 1. The molecular formula is C7H6INOS2. The molecule has 1 aromatic heterocycles. The summed E-state index contributed by atoms with van der Waals surface area (Å²) in [5.74, 6) is 0.260. The van der Waals surface area contributed by atoms with Crippen LogP contribution >= 0.6 is 41.7 Å². The van der Waals surface area contributed by atoms with Gasteiger partial charge in [-0.15, -0.1) is 11.3 Å². The lowest BCUT2D eigenvalue weighted by molar-refractivity contribution is 0.0960. The zero-order valence-electron chi connectivity index (χ0n) is 6.12. The molecule has 0 amide bonds. The van der Waals surface area contributed by atoms with Crippen molar-refractivity contribution in [3.63, 3.8) is 0 Å². The number of fused-ring (bicyclic) bond motifs is 1. The summed E-state index contributed by atoms with van der Waals surface area (Å²) in [6.07, 6.45) is 0. The molecular weight excluding hydrogens is 305 g/mol. The van der Waals surface area contributed by atoms with Gasteiger partial charge in [-0.2, -0.15) is 0 Å². The van der Waals surface area contributed by atoms with Crippen LogP contribution < -0.4 is 0 Å². The number of hydrogen-bond acceptors (Lipinski definition) is 4. The molecule has 1 aromatic rings. The third-order valence-electron chi connectivity index (χ3n) is 1.76. The van der Waals surface area contributed by atoms with E-state index in [9.17, 15) is 4.79 Å². The van der Waals surface area contributed by atoms with Gasteiger partial charge in [0, 0.05) is 27.8 Å². The van der Waals surface area contributed by atoms with Gasteiger partial charge in [0.05, 0.1) is 11.4 Å². The summed E-state index contributed by atoms with van der Waals surface area (Å²) in [7, 11) is 1.60. The Morgan fingerprint density at radius 1 is 1.58 bits per heavy atom. The molecule has 0 saturated carbocycles. The molecule has 12 heavy (non-hydrogen) atoms. The van der Waals surface area contributed by atoms with Crippen LogP contribution in [0.1, 0.15) is 15.2 Å². The molecule has 0 saturated heterocycles. The second-order valence-electron chi connectivity index (χ2n) is 2.57. The van der Waals surface area contributed by atoms with Crippen molar-refractivity contribution in [2.24, 2.45) is 0 Å². The summed E-state index contributed by atoms with van der Waals surface area (Å²) in [6, 6.07) is 2.04. The van der Waals surface area contributed by atoms with Gasteiger partial charge in [-0.25, -0.2) is 4.31 Å². The van der Waals surface area contributed by atoms with Crippen LogP contribution in [0.4, 0.5) is 0 Å². The van der Waals surface area contributed by atoms with E-state index >= 15 is 0 Å². The van der Waals surface area contributed by atoms with Gasteiger partial charge in [-0.3, -0.25) is 4.79 Å². The van der Waals surface area contributed by atoms with E-state index in [1.807, 2.05) is 11.4 Å². The van der Waals surface area contributed by atoms with E-state index in [0.29, 0.717) is 6.54 Å². The van der Waals surface area contributed by atoms with E-state index in [1.165, 1.54) is 5.56 Å². The largest absolute Gasteiger partial charge is 0.292 e. The normalized spacial score (nSPS) is 17.9. The number of carbonyl (C=O) groups excluding carboxylic acids is 1. The Bertz CT molecular complexity index is 312. The van der Waals surface area contributed by atoms with Gasteiger partial charge in [0.15, 0.2) is 5.78 Å². The molecule has 2 rings (SSSR count). The standard InChI is InChI=1S/C7H6INOS2/c8-12-9-3-5-1-2-11-7(5)6(10)4-9/h1-2H,3-4H2. The van der Waals surface area contributed by atoms with Gasteiger partial charge in [0.25, 0.3) is 0 Å². The second kappa shape index (κ2) is 3.65. The third kappa shape index (κ3) is 1.55. The van der Waals surface area contributed by atoms with Crippen molar-refractivity contribution in [1.82, 2.24) is 4.31 Å². The summed E-state index contributed by atoms with van der Waals surface area (Å²) in [5, 5.41) is 1.99. The molecule has 1 aliphatic rings. The fourth-order valence-electron chi connectivity index (χ4n) is 1.23. The lowest BCUT2D eigenvalue weighted by Crippen LogP contribution is -2.27. The first kappa shape index (κ1) is 8.98. The molecule has 0 unspecified atom stereocenters. The monoisotopic (exact) mass is 311 g/mol. The smallest absolute Gasteiger partial charge is 0.188 e. The number of rotatable bonds is 1. The third-order valence-corrected chi connectivity index (χ3v) is 4.89. The Balaban J connectivity index is 2.32. The van der Waals surface area contributed by atoms with E-state index in [2.05, 4.69) is 25.5 Å². The van der Waals surface area contributed by atoms with E-state index in [1.54, 1.807) is 20.5 Å². The van der Waals surface area contributed by atoms with Crippen LogP contribution in [0.25, 0.3) is 0 Å². The minimum Gasteiger partial charge on any atom is -0.292 e. The molecule has 0 aliphatic carbocycles. The lowest BCUT2D eigenvalue weighted by Gasteiger charge is -2.21. The number of thiophene rings is 1. The highest BCUT2D eigenvalue weighted by atomic mass is 127. The molecule has 0 spiro atoms. The Kier molecular flexibility index (Phi) is 2.73. The fraction of sp³-hybridized carbons (Fsp3) is 0.286. The van der Waals surface area contributed by atoms with Gasteiger partial charge < -0.3 is 0 Å². The Morgan fingerprint density at radius 3 is 3.17 bits per heavy atom. The van der Waals surface area contributed by atoms with E-state index in [4.69, 9.17) is 0 Å². The average molecular weight is 311 g/mol. The number of nitrogens with zero attached hydrogens (tertiary/aromatic N) is 1. The van der Waals surface area contributed by atoms with Crippen molar-refractivity contribution in [3.8, 4) is 0 Å². The maximum atomic E-state index is 11.5. The quantitative estimate of drug-likeness (QED) is 0.587. The number of carbonyl (C=O) groups is 1. The molecule has 2 heterocycles. The SMILES string of the molecule is O=C1CN(SI)Cc2ccsc21. The predicted octanol–water partition coefficient (Wildman–Crippen LogP) is 2.74. The summed E-state index contributed by atoms with van der Waals surface area (Å²) < 4.78 is 2.07. The maximum absolute atomic E-state index is 11.5. The zero-order valence-corrected chi connectivity index (χ0v) is 9.91. The summed E-state index contributed by atoms with van der Waals surface area (Å²) in [4.78, 5) is 12.4. The van der Waals surface area contributed by atoms with Gasteiger partial charge in [0.2, 0.25) is 0 Å². The Hall–Kier alpha value is 0.410. The number of hydrogen-bond donors (Lipinski definition) is 0. The molecule has 0 N–H and O–H groups in total. The van der Waals surface area contributed by atoms with Crippen molar-refractivity contribution in [1.29, 1.82) is 0 Å². The summed E-state index contributed by atoms with van der Waals surface area (Å²) >= 11 is 3.77. The average Bonchev–Trinajstić information content (AvgIpc) is 2.52. The van der Waals surface area contributed by atoms with Crippen LogP contribution in [0.5, 0.6) is 0 Å². The van der Waals surface area contributed by atoms with Crippen LogP contribution in [-0.4, -0.2) is 16.6 Å². The second-order valence-corrected chi connectivity index (χ2v) is 5.32. The fourth-order valence-corrected chi connectivity index (χ4v) is 3.27. The van der Waals surface area contributed by atoms with Gasteiger partial charge in [-0.05, 0) is 26.1 Å². The van der Waals surface area contributed by atoms with Gasteiger partial charge in [0.1, 0.15) is 0 Å². The van der Waals surface area contributed by atoms with E-state index < -0.39 is 0 Å². The van der Waals surface area contributed by atoms with Crippen LogP contribution in [0, 0.1) is 0 Å². The number of Topliss-reactive ketones (excluding diaryl/α,β-unsaturated/α-hetero) is 1. The first-order valence-corrected chi connectivity index (χ1v) is 7.64. The van der Waals surface area contributed by atoms with Crippen LogP contribution in [0.3, 0.4) is 0 Å². The van der Waals surface area contributed by atoms with Crippen LogP contribution in [0.2, 0.25) is 0 Å². The molecule has 64 valence electrons. The summed E-state index contributed by atoms with van der Waals surface area (Å²) in [5.41, 5.74) is 1.18. The molecule has 0 atom stereocenters. The Labute approximate surface area is 91.0 Å². The first-order chi connectivity index (χ1) is 5.81. The van der Waals surface area contributed by atoms with Gasteiger partial charge >= 0.3 is 0 Å². The van der Waals surface area contributed by atoms with Gasteiger partial charge in [-0.1, -0.05) is 0 Å². The molecule has 1 aliphatic heterocycles. The zero-order chi connectivity index (χ0) is 8.55. The van der Waals surface area contributed by atoms with Crippen LogP contribution in [0.15, 0.2) is 11.4 Å². The predicted molar refractivity (Wildman–Crippen MR) is 60.7 cm³/mol. The number of ketones is 1. The first-order valence-electron chi connectivity index (χ1n) is 3.44. The highest BCUT2D eigenvalue weighted by molar-refractivity contribution is 14.2. The Morgan fingerprint density at radius 2 is 2.42 bits per heavy atom. The van der Waals surface area contributed by atoms with Crippen molar-refractivity contribution < 1.29 is 4.79 Å². The minimum atomic E-state index is 0.260. The van der Waals surface area contributed by atoms with Crippen LogP contribution in [-0.2, 0) is 6.54 Å². The molecule has 0 radical (unpaired) electrons. The van der Waals surface area contributed by atoms with Crippen molar-refractivity contribution in [3.05, 3.63) is 21.9 Å². The molecule has 0 fully saturated rings. The molecule has 0 aromatic carbocycles. The van der Waals surface area contributed by atoms with Crippen molar-refractivity contribution >= 4 is 47.4 Å². The molecule has 5 heteroatoms. The molecule has 2 nitrogen and oxygen atoms in total. The molecule has 0 bridgehead atoms. The minimum absolute atomic E-state index is 0.260. The van der Waals surface area contributed by atoms with Crippen molar-refractivity contribution in [2.75, 3.05) is 6.54 Å².